The topological polar surface area (TPSA) is 71.2 Å². The van der Waals surface area contributed by atoms with Gasteiger partial charge in [0.25, 0.3) is 0 Å². The molecule has 8 heteroatoms. The number of hydrogen-bond donors (Lipinski definition) is 0. The minimum atomic E-state index is 0.517. The van der Waals surface area contributed by atoms with Gasteiger partial charge in [-0.3, -0.25) is 4.90 Å². The van der Waals surface area contributed by atoms with Crippen LogP contribution in [0.1, 0.15) is 30.5 Å². The number of anilines is 1. The predicted molar refractivity (Wildman–Crippen MR) is 99.1 cm³/mol. The number of aromatic nitrogens is 4. The standard InChI is InChI=1S/C18H20N6OS/c1-2-15(26-11-1)14-5-6-16(20-19-14)24-9-7-23(8-10-24)12-17-21-22-18(25-17)13-3-4-13/h1-2,5-6,11,13H,3-4,7-10,12H2. The lowest BCUT2D eigenvalue weighted by molar-refractivity contribution is 0.223. The van der Waals surface area contributed by atoms with Crippen molar-refractivity contribution in [2.24, 2.45) is 0 Å². The molecule has 2 aliphatic rings. The monoisotopic (exact) mass is 368 g/mol. The van der Waals surface area contributed by atoms with Gasteiger partial charge in [-0.15, -0.1) is 31.7 Å². The van der Waals surface area contributed by atoms with Crippen LogP contribution in [0.4, 0.5) is 5.82 Å². The third kappa shape index (κ3) is 3.34. The summed E-state index contributed by atoms with van der Waals surface area (Å²) in [6.45, 7) is 4.49. The van der Waals surface area contributed by atoms with Gasteiger partial charge >= 0.3 is 0 Å². The minimum Gasteiger partial charge on any atom is -0.424 e. The molecule has 2 fully saturated rings. The van der Waals surface area contributed by atoms with Crippen molar-refractivity contribution in [3.05, 3.63) is 41.4 Å². The summed E-state index contributed by atoms with van der Waals surface area (Å²) in [5.74, 6) is 3.02. The van der Waals surface area contributed by atoms with E-state index >= 15 is 0 Å². The molecule has 1 aliphatic heterocycles. The fourth-order valence-corrected chi connectivity index (χ4v) is 3.89. The average molecular weight is 368 g/mol. The number of hydrogen-bond acceptors (Lipinski definition) is 8. The van der Waals surface area contributed by atoms with Crippen molar-refractivity contribution < 1.29 is 4.42 Å². The number of piperazine rings is 1. The SMILES string of the molecule is c1csc(-c2ccc(N3CCN(Cc4nnc(C5CC5)o4)CC3)nn2)c1. The van der Waals surface area contributed by atoms with Gasteiger partial charge in [0.2, 0.25) is 11.8 Å². The van der Waals surface area contributed by atoms with E-state index in [1.807, 2.05) is 6.07 Å². The van der Waals surface area contributed by atoms with E-state index in [4.69, 9.17) is 4.42 Å². The molecule has 3 aromatic rings. The summed E-state index contributed by atoms with van der Waals surface area (Å²) in [5, 5.41) is 19.2. The van der Waals surface area contributed by atoms with Gasteiger partial charge in [0.05, 0.1) is 11.4 Å². The highest BCUT2D eigenvalue weighted by atomic mass is 32.1. The Labute approximate surface area is 155 Å². The van der Waals surface area contributed by atoms with Gasteiger partial charge in [-0.25, -0.2) is 0 Å². The van der Waals surface area contributed by atoms with E-state index in [9.17, 15) is 0 Å². The Bertz CT molecular complexity index is 850. The molecule has 26 heavy (non-hydrogen) atoms. The summed E-state index contributed by atoms with van der Waals surface area (Å²) in [6.07, 6.45) is 2.37. The van der Waals surface area contributed by atoms with Crippen LogP contribution >= 0.6 is 11.3 Å². The molecule has 0 N–H and O–H groups in total. The van der Waals surface area contributed by atoms with E-state index in [1.54, 1.807) is 11.3 Å². The van der Waals surface area contributed by atoms with Crippen molar-refractivity contribution in [2.75, 3.05) is 31.1 Å². The summed E-state index contributed by atoms with van der Waals surface area (Å²) < 4.78 is 5.77. The minimum absolute atomic E-state index is 0.517. The van der Waals surface area contributed by atoms with E-state index in [0.29, 0.717) is 5.92 Å². The van der Waals surface area contributed by atoms with Crippen LogP contribution in [0.2, 0.25) is 0 Å². The van der Waals surface area contributed by atoms with Gasteiger partial charge in [0.1, 0.15) is 5.69 Å². The van der Waals surface area contributed by atoms with Crippen molar-refractivity contribution in [1.82, 2.24) is 25.3 Å². The summed E-state index contributed by atoms with van der Waals surface area (Å²) in [4.78, 5) is 5.79. The van der Waals surface area contributed by atoms with Crippen LogP contribution < -0.4 is 4.90 Å². The Morgan fingerprint density at radius 2 is 1.88 bits per heavy atom. The van der Waals surface area contributed by atoms with Crippen molar-refractivity contribution >= 4 is 17.2 Å². The first-order valence-electron chi connectivity index (χ1n) is 9.02. The second-order valence-electron chi connectivity index (χ2n) is 6.83. The van der Waals surface area contributed by atoms with E-state index in [0.717, 1.165) is 60.9 Å². The van der Waals surface area contributed by atoms with Gasteiger partial charge in [-0.1, -0.05) is 6.07 Å². The Balaban J connectivity index is 1.17. The molecule has 5 rings (SSSR count). The summed E-state index contributed by atoms with van der Waals surface area (Å²) in [7, 11) is 0. The molecule has 0 bridgehead atoms. The maximum atomic E-state index is 5.77. The Hall–Kier alpha value is -2.32. The Morgan fingerprint density at radius 3 is 2.58 bits per heavy atom. The van der Waals surface area contributed by atoms with Gasteiger partial charge < -0.3 is 9.32 Å². The van der Waals surface area contributed by atoms with Gasteiger partial charge in [-0.2, -0.15) is 0 Å². The first kappa shape index (κ1) is 15.9. The first-order chi connectivity index (χ1) is 12.8. The Kier molecular flexibility index (Phi) is 4.14. The molecule has 0 spiro atoms. The highest BCUT2D eigenvalue weighted by molar-refractivity contribution is 7.13. The van der Waals surface area contributed by atoms with Crippen LogP contribution in [0.3, 0.4) is 0 Å². The third-order valence-corrected chi connectivity index (χ3v) is 5.78. The number of nitrogens with zero attached hydrogens (tertiary/aromatic N) is 6. The predicted octanol–water partition coefficient (Wildman–Crippen LogP) is 2.79. The van der Waals surface area contributed by atoms with Crippen LogP contribution in [0, 0.1) is 0 Å². The Morgan fingerprint density at radius 1 is 1.00 bits per heavy atom. The zero-order valence-corrected chi connectivity index (χ0v) is 15.2. The highest BCUT2D eigenvalue weighted by Crippen LogP contribution is 2.39. The fourth-order valence-electron chi connectivity index (χ4n) is 3.20. The maximum absolute atomic E-state index is 5.77. The maximum Gasteiger partial charge on any atom is 0.230 e. The van der Waals surface area contributed by atoms with E-state index < -0.39 is 0 Å². The molecular formula is C18H20N6OS. The second kappa shape index (κ2) is 6.77. The largest absolute Gasteiger partial charge is 0.424 e. The van der Waals surface area contributed by atoms with Crippen molar-refractivity contribution in [1.29, 1.82) is 0 Å². The van der Waals surface area contributed by atoms with Crippen LogP contribution in [0.25, 0.3) is 10.6 Å². The van der Waals surface area contributed by atoms with Crippen LogP contribution in [0.15, 0.2) is 34.1 Å². The summed E-state index contributed by atoms with van der Waals surface area (Å²) in [5.41, 5.74) is 0.935. The van der Waals surface area contributed by atoms with Gasteiger partial charge in [0.15, 0.2) is 5.82 Å². The lowest BCUT2D eigenvalue weighted by Crippen LogP contribution is -2.46. The lowest BCUT2D eigenvalue weighted by atomic mass is 10.3. The number of thiophene rings is 1. The summed E-state index contributed by atoms with van der Waals surface area (Å²) in [6, 6.07) is 8.22. The lowest BCUT2D eigenvalue weighted by Gasteiger charge is -2.34. The van der Waals surface area contributed by atoms with Crippen molar-refractivity contribution in [3.8, 4) is 10.6 Å². The molecule has 1 aliphatic carbocycles. The molecule has 0 atom stereocenters. The normalized spacial score (nSPS) is 18.4. The first-order valence-corrected chi connectivity index (χ1v) is 9.90. The van der Waals surface area contributed by atoms with Crippen molar-refractivity contribution in [2.45, 2.75) is 25.3 Å². The molecule has 3 aromatic heterocycles. The van der Waals surface area contributed by atoms with E-state index in [2.05, 4.69) is 53.8 Å². The van der Waals surface area contributed by atoms with E-state index in [1.165, 1.54) is 12.8 Å². The third-order valence-electron chi connectivity index (χ3n) is 4.89. The summed E-state index contributed by atoms with van der Waals surface area (Å²) >= 11 is 1.68. The average Bonchev–Trinajstić information content (AvgIpc) is 3.19. The van der Waals surface area contributed by atoms with Crippen LogP contribution in [-0.2, 0) is 6.54 Å². The molecule has 134 valence electrons. The van der Waals surface area contributed by atoms with Crippen molar-refractivity contribution in [3.63, 3.8) is 0 Å². The molecule has 0 amide bonds. The van der Waals surface area contributed by atoms with Gasteiger partial charge in [-0.05, 0) is 36.4 Å². The quantitative estimate of drug-likeness (QED) is 0.686. The van der Waals surface area contributed by atoms with Crippen LogP contribution in [-0.4, -0.2) is 51.5 Å². The zero-order chi connectivity index (χ0) is 17.3. The van der Waals surface area contributed by atoms with Gasteiger partial charge in [0, 0.05) is 32.1 Å². The van der Waals surface area contributed by atoms with Crippen LogP contribution in [0.5, 0.6) is 0 Å². The molecule has 4 heterocycles. The van der Waals surface area contributed by atoms with E-state index in [-0.39, 0.29) is 0 Å². The zero-order valence-electron chi connectivity index (χ0n) is 14.4. The molecule has 1 saturated heterocycles. The molecule has 0 aromatic carbocycles. The number of rotatable bonds is 5. The second-order valence-corrected chi connectivity index (χ2v) is 7.77. The molecule has 1 saturated carbocycles. The smallest absolute Gasteiger partial charge is 0.230 e. The molecule has 0 unspecified atom stereocenters. The molecule has 0 radical (unpaired) electrons. The fraction of sp³-hybridized carbons (Fsp3) is 0.444. The molecular weight excluding hydrogens is 348 g/mol. The molecule has 7 nitrogen and oxygen atoms in total. The highest BCUT2D eigenvalue weighted by Gasteiger charge is 2.29.